The number of methoxy groups -OCH3 is 2. The third kappa shape index (κ3) is 7.86. The van der Waals surface area contributed by atoms with Crippen molar-refractivity contribution >= 4 is 12.0 Å². The van der Waals surface area contributed by atoms with E-state index in [9.17, 15) is 9.59 Å². The lowest BCUT2D eigenvalue weighted by Crippen LogP contribution is -2.45. The van der Waals surface area contributed by atoms with E-state index in [0.29, 0.717) is 32.9 Å². The predicted octanol–water partition coefficient (Wildman–Crippen LogP) is -0.146. The first kappa shape index (κ1) is 16.7. The number of esters is 1. The van der Waals surface area contributed by atoms with Gasteiger partial charge < -0.3 is 24.4 Å². The molecule has 0 unspecified atom stereocenters. The fourth-order valence-corrected chi connectivity index (χ4v) is 1.19. The van der Waals surface area contributed by atoms with Crippen LogP contribution in [-0.2, 0) is 19.0 Å². The van der Waals surface area contributed by atoms with Crippen molar-refractivity contribution in [2.45, 2.75) is 6.92 Å². The van der Waals surface area contributed by atoms with Crippen molar-refractivity contribution in [2.75, 3.05) is 53.7 Å². The molecular formula is C11H22N2O5. The van der Waals surface area contributed by atoms with Crippen molar-refractivity contribution in [3.05, 3.63) is 0 Å². The van der Waals surface area contributed by atoms with Crippen LogP contribution >= 0.6 is 0 Å². The first-order valence-corrected chi connectivity index (χ1v) is 5.82. The van der Waals surface area contributed by atoms with E-state index in [-0.39, 0.29) is 12.6 Å². The first-order valence-electron chi connectivity index (χ1n) is 5.82. The van der Waals surface area contributed by atoms with Gasteiger partial charge in [-0.1, -0.05) is 0 Å². The molecule has 1 N–H and O–H groups in total. The lowest BCUT2D eigenvalue weighted by molar-refractivity contribution is -0.141. The van der Waals surface area contributed by atoms with Gasteiger partial charge in [0.2, 0.25) is 0 Å². The fourth-order valence-electron chi connectivity index (χ4n) is 1.19. The summed E-state index contributed by atoms with van der Waals surface area (Å²) >= 11 is 0. The second kappa shape index (κ2) is 10.8. The Morgan fingerprint density at radius 3 is 2.11 bits per heavy atom. The summed E-state index contributed by atoms with van der Waals surface area (Å²) in [5.41, 5.74) is 0. The minimum absolute atomic E-state index is 0.136. The van der Waals surface area contributed by atoms with Crippen LogP contribution in [-0.4, -0.2) is 70.6 Å². The Hall–Kier alpha value is -1.34. The number of nitrogens with zero attached hydrogens (tertiary/aromatic N) is 1. The summed E-state index contributed by atoms with van der Waals surface area (Å²) in [6.07, 6.45) is 0. The Labute approximate surface area is 107 Å². The van der Waals surface area contributed by atoms with Crippen LogP contribution < -0.4 is 5.32 Å². The summed E-state index contributed by atoms with van der Waals surface area (Å²) < 4.78 is 14.5. The third-order valence-corrected chi connectivity index (χ3v) is 2.11. The van der Waals surface area contributed by atoms with Gasteiger partial charge in [-0.15, -0.1) is 0 Å². The van der Waals surface area contributed by atoms with E-state index >= 15 is 0 Å². The van der Waals surface area contributed by atoms with E-state index < -0.39 is 5.97 Å². The number of ether oxygens (including phenoxy) is 3. The van der Waals surface area contributed by atoms with Crippen LogP contribution in [0.15, 0.2) is 0 Å². The maximum Gasteiger partial charge on any atom is 0.325 e. The van der Waals surface area contributed by atoms with E-state index in [1.165, 1.54) is 4.90 Å². The zero-order valence-electron chi connectivity index (χ0n) is 11.2. The SMILES string of the molecule is CCOC(=O)CNC(=O)N(CCOC)CCOC. The molecule has 0 atom stereocenters. The molecule has 0 spiro atoms. The molecule has 0 bridgehead atoms. The Kier molecular flexibility index (Phi) is 9.99. The number of carbonyl (C=O) groups excluding carboxylic acids is 2. The van der Waals surface area contributed by atoms with Gasteiger partial charge in [-0.05, 0) is 6.92 Å². The minimum Gasteiger partial charge on any atom is -0.465 e. The lowest BCUT2D eigenvalue weighted by atomic mass is 10.5. The lowest BCUT2D eigenvalue weighted by Gasteiger charge is -2.22. The van der Waals surface area contributed by atoms with Gasteiger partial charge in [0, 0.05) is 27.3 Å². The normalized spacial score (nSPS) is 9.94. The Morgan fingerprint density at radius 2 is 1.67 bits per heavy atom. The van der Waals surface area contributed by atoms with Crippen molar-refractivity contribution in [3.8, 4) is 0 Å². The van der Waals surface area contributed by atoms with Gasteiger partial charge in [0.25, 0.3) is 0 Å². The van der Waals surface area contributed by atoms with Crippen molar-refractivity contribution in [1.29, 1.82) is 0 Å². The Bertz CT molecular complexity index is 240. The van der Waals surface area contributed by atoms with E-state index in [2.05, 4.69) is 5.32 Å². The highest BCUT2D eigenvalue weighted by atomic mass is 16.5. The van der Waals surface area contributed by atoms with Crippen molar-refractivity contribution < 1.29 is 23.8 Å². The van der Waals surface area contributed by atoms with Crippen LogP contribution in [0.25, 0.3) is 0 Å². The summed E-state index contributed by atoms with van der Waals surface area (Å²) in [5, 5.41) is 2.49. The number of hydrogen-bond acceptors (Lipinski definition) is 5. The highest BCUT2D eigenvalue weighted by molar-refractivity contribution is 5.80. The van der Waals surface area contributed by atoms with Crippen LogP contribution in [0.3, 0.4) is 0 Å². The molecule has 2 amide bonds. The molecule has 0 heterocycles. The van der Waals surface area contributed by atoms with E-state index in [1.54, 1.807) is 21.1 Å². The predicted molar refractivity (Wildman–Crippen MR) is 65.4 cm³/mol. The molecule has 0 fully saturated rings. The zero-order valence-corrected chi connectivity index (χ0v) is 11.2. The number of nitrogens with one attached hydrogen (secondary N) is 1. The average Bonchev–Trinajstić information content (AvgIpc) is 2.36. The van der Waals surface area contributed by atoms with Gasteiger partial charge in [0.15, 0.2) is 0 Å². The van der Waals surface area contributed by atoms with Crippen LogP contribution in [0.2, 0.25) is 0 Å². The molecule has 0 saturated heterocycles. The molecule has 0 saturated carbocycles. The standard InChI is InChI=1S/C11H22N2O5/c1-4-18-10(14)9-12-11(15)13(5-7-16-2)6-8-17-3/h4-9H2,1-3H3,(H,12,15). The van der Waals surface area contributed by atoms with Crippen LogP contribution in [0.1, 0.15) is 6.92 Å². The molecule has 0 aliphatic rings. The maximum absolute atomic E-state index is 11.8. The molecule has 0 aliphatic carbocycles. The molecule has 106 valence electrons. The van der Waals surface area contributed by atoms with E-state index in [0.717, 1.165) is 0 Å². The van der Waals surface area contributed by atoms with Crippen molar-refractivity contribution in [2.24, 2.45) is 0 Å². The van der Waals surface area contributed by atoms with E-state index in [4.69, 9.17) is 14.2 Å². The minimum atomic E-state index is -0.454. The highest BCUT2D eigenvalue weighted by Gasteiger charge is 2.14. The fraction of sp³-hybridized carbons (Fsp3) is 0.818. The van der Waals surface area contributed by atoms with Crippen LogP contribution in [0.5, 0.6) is 0 Å². The number of hydrogen-bond donors (Lipinski definition) is 1. The average molecular weight is 262 g/mol. The summed E-state index contributed by atoms with van der Waals surface area (Å²) in [4.78, 5) is 24.4. The quantitative estimate of drug-likeness (QED) is 0.585. The molecule has 0 aliphatic heterocycles. The van der Waals surface area contributed by atoms with Gasteiger partial charge in [-0.3, -0.25) is 4.79 Å². The number of rotatable bonds is 9. The van der Waals surface area contributed by atoms with E-state index in [1.807, 2.05) is 0 Å². The molecule has 0 aromatic carbocycles. The molecule has 18 heavy (non-hydrogen) atoms. The smallest absolute Gasteiger partial charge is 0.325 e. The van der Waals surface area contributed by atoms with Gasteiger partial charge >= 0.3 is 12.0 Å². The Balaban J connectivity index is 4.06. The summed E-state index contributed by atoms with van der Waals surface area (Å²) in [7, 11) is 3.12. The molecule has 7 heteroatoms. The molecule has 0 radical (unpaired) electrons. The first-order chi connectivity index (χ1) is 8.65. The van der Waals surface area contributed by atoms with Gasteiger partial charge in [-0.25, -0.2) is 4.79 Å². The van der Waals surface area contributed by atoms with Crippen molar-refractivity contribution in [3.63, 3.8) is 0 Å². The molecule has 0 rings (SSSR count). The number of amides is 2. The number of urea groups is 1. The third-order valence-electron chi connectivity index (χ3n) is 2.11. The Morgan fingerprint density at radius 1 is 1.11 bits per heavy atom. The van der Waals surface area contributed by atoms with Gasteiger partial charge in [0.05, 0.1) is 19.8 Å². The molecule has 0 aromatic heterocycles. The summed E-state index contributed by atoms with van der Waals surface area (Å²) in [6, 6.07) is -0.336. The molecule has 7 nitrogen and oxygen atoms in total. The molecular weight excluding hydrogens is 240 g/mol. The second-order valence-electron chi connectivity index (χ2n) is 3.44. The summed E-state index contributed by atoms with van der Waals surface area (Å²) in [5.74, 6) is -0.454. The second-order valence-corrected chi connectivity index (χ2v) is 3.44. The van der Waals surface area contributed by atoms with Gasteiger partial charge in [0.1, 0.15) is 6.54 Å². The van der Waals surface area contributed by atoms with Crippen LogP contribution in [0.4, 0.5) is 4.79 Å². The molecule has 0 aromatic rings. The monoisotopic (exact) mass is 262 g/mol. The number of carbonyl (C=O) groups is 2. The van der Waals surface area contributed by atoms with Crippen molar-refractivity contribution in [1.82, 2.24) is 10.2 Å². The topological polar surface area (TPSA) is 77.1 Å². The largest absolute Gasteiger partial charge is 0.465 e. The van der Waals surface area contributed by atoms with Gasteiger partial charge in [-0.2, -0.15) is 0 Å². The zero-order chi connectivity index (χ0) is 13.8. The summed E-state index contributed by atoms with van der Waals surface area (Å²) in [6.45, 7) is 3.61. The maximum atomic E-state index is 11.8. The van der Waals surface area contributed by atoms with Crippen LogP contribution in [0, 0.1) is 0 Å². The highest BCUT2D eigenvalue weighted by Crippen LogP contribution is 1.91.